The summed E-state index contributed by atoms with van der Waals surface area (Å²) in [7, 11) is 0. The maximum atomic E-state index is 12.1. The van der Waals surface area contributed by atoms with Crippen LogP contribution in [0.3, 0.4) is 0 Å². The number of carbonyl (C=O) groups excluding carboxylic acids is 2. The van der Waals surface area contributed by atoms with Gasteiger partial charge in [-0.2, -0.15) is 11.8 Å². The van der Waals surface area contributed by atoms with Crippen molar-refractivity contribution in [2.24, 2.45) is 0 Å². The highest BCUT2D eigenvalue weighted by Gasteiger charge is 2.20. The molecule has 0 aromatic heterocycles. The van der Waals surface area contributed by atoms with Crippen LogP contribution in [-0.4, -0.2) is 36.5 Å². The molecular formula is C23H45NO3S. The quantitative estimate of drug-likeness (QED) is 0.188. The lowest BCUT2D eigenvalue weighted by molar-refractivity contribution is -0.147. The third-order valence-electron chi connectivity index (χ3n) is 5.01. The van der Waals surface area contributed by atoms with Crippen LogP contribution < -0.4 is 5.32 Å². The van der Waals surface area contributed by atoms with Gasteiger partial charge in [-0.25, -0.2) is 4.79 Å². The van der Waals surface area contributed by atoms with E-state index < -0.39 is 6.04 Å². The van der Waals surface area contributed by atoms with Crippen molar-refractivity contribution in [1.82, 2.24) is 5.32 Å². The fraction of sp³-hybridized carbons (Fsp3) is 0.913. The standard InChI is InChI=1S/C23H45NO3S/c1-4-5-6-7-8-9-10-11-12-13-14-15-16-17-19-27-23(26)22(18-20-28-3)24-21(2)25/h22H,4-20H2,1-3H3,(H,24,25)/t22-/m0/s1. The van der Waals surface area contributed by atoms with E-state index >= 15 is 0 Å². The Bertz CT molecular complexity index is 377. The normalized spacial score (nSPS) is 12.0. The van der Waals surface area contributed by atoms with Gasteiger partial charge in [-0.1, -0.05) is 90.4 Å². The number of hydrogen-bond acceptors (Lipinski definition) is 4. The van der Waals surface area contributed by atoms with Crippen LogP contribution in [0.25, 0.3) is 0 Å². The molecule has 0 radical (unpaired) electrons. The lowest BCUT2D eigenvalue weighted by Crippen LogP contribution is -2.41. The van der Waals surface area contributed by atoms with Gasteiger partial charge in [0.25, 0.3) is 0 Å². The zero-order valence-corrected chi connectivity index (χ0v) is 19.5. The smallest absolute Gasteiger partial charge is 0.328 e. The summed E-state index contributed by atoms with van der Waals surface area (Å²) in [6.07, 6.45) is 21.0. The number of ether oxygens (including phenoxy) is 1. The third kappa shape index (κ3) is 18.6. The summed E-state index contributed by atoms with van der Waals surface area (Å²) >= 11 is 1.66. The highest BCUT2D eigenvalue weighted by Crippen LogP contribution is 2.13. The minimum atomic E-state index is -0.503. The molecule has 28 heavy (non-hydrogen) atoms. The molecule has 0 aliphatic heterocycles. The van der Waals surface area contributed by atoms with Gasteiger partial charge in [0.05, 0.1) is 6.61 Å². The first-order valence-corrected chi connectivity index (χ1v) is 12.9. The Morgan fingerprint density at radius 2 is 1.29 bits per heavy atom. The lowest BCUT2D eigenvalue weighted by atomic mass is 10.0. The van der Waals surface area contributed by atoms with Gasteiger partial charge in [-0.05, 0) is 24.9 Å². The Kier molecular flexibility index (Phi) is 20.5. The van der Waals surface area contributed by atoms with E-state index in [0.29, 0.717) is 13.0 Å². The van der Waals surface area contributed by atoms with Crippen LogP contribution in [0, 0.1) is 0 Å². The van der Waals surface area contributed by atoms with Crippen LogP contribution in [0.1, 0.15) is 110 Å². The Labute approximate surface area is 178 Å². The summed E-state index contributed by atoms with van der Waals surface area (Å²) < 4.78 is 5.35. The maximum absolute atomic E-state index is 12.1. The number of carbonyl (C=O) groups is 2. The SMILES string of the molecule is CCCCCCCCCCCCCCCCOC(=O)[C@H](CCSC)NC(C)=O. The molecule has 0 unspecified atom stereocenters. The Morgan fingerprint density at radius 1 is 0.821 bits per heavy atom. The molecule has 0 aromatic carbocycles. The maximum Gasteiger partial charge on any atom is 0.328 e. The van der Waals surface area contributed by atoms with Gasteiger partial charge in [0.2, 0.25) is 5.91 Å². The van der Waals surface area contributed by atoms with Crippen molar-refractivity contribution in [2.45, 2.75) is 116 Å². The average molecular weight is 416 g/mol. The van der Waals surface area contributed by atoms with Crippen molar-refractivity contribution in [3.05, 3.63) is 0 Å². The number of thioether (sulfide) groups is 1. The number of hydrogen-bond donors (Lipinski definition) is 1. The second-order valence-corrected chi connectivity index (χ2v) is 8.78. The van der Waals surface area contributed by atoms with E-state index in [2.05, 4.69) is 12.2 Å². The first kappa shape index (κ1) is 27.3. The monoisotopic (exact) mass is 415 g/mol. The molecule has 1 N–H and O–H groups in total. The predicted octanol–water partition coefficient (Wildman–Crippen LogP) is 6.27. The summed E-state index contributed by atoms with van der Waals surface area (Å²) in [5.74, 6) is 0.359. The number of nitrogens with one attached hydrogen (secondary N) is 1. The molecule has 0 rings (SSSR count). The lowest BCUT2D eigenvalue weighted by Gasteiger charge is -2.16. The van der Waals surface area contributed by atoms with Crippen molar-refractivity contribution >= 4 is 23.6 Å². The van der Waals surface area contributed by atoms with Gasteiger partial charge in [0.15, 0.2) is 0 Å². The largest absolute Gasteiger partial charge is 0.464 e. The second-order valence-electron chi connectivity index (χ2n) is 7.80. The Hall–Kier alpha value is -0.710. The zero-order valence-electron chi connectivity index (χ0n) is 18.7. The van der Waals surface area contributed by atoms with E-state index in [9.17, 15) is 9.59 Å². The molecule has 0 saturated carbocycles. The highest BCUT2D eigenvalue weighted by atomic mass is 32.2. The van der Waals surface area contributed by atoms with E-state index in [4.69, 9.17) is 4.74 Å². The van der Waals surface area contributed by atoms with E-state index in [0.717, 1.165) is 18.6 Å². The second kappa shape index (κ2) is 21.0. The molecule has 0 heterocycles. The van der Waals surface area contributed by atoms with E-state index in [1.165, 1.54) is 84.0 Å². The first-order valence-electron chi connectivity index (χ1n) is 11.5. The van der Waals surface area contributed by atoms with Gasteiger partial charge < -0.3 is 10.1 Å². The molecule has 166 valence electrons. The number of unbranched alkanes of at least 4 members (excludes halogenated alkanes) is 13. The summed E-state index contributed by atoms with van der Waals surface area (Å²) in [5.41, 5.74) is 0. The third-order valence-corrected chi connectivity index (χ3v) is 5.66. The van der Waals surface area contributed by atoms with Crippen LogP contribution >= 0.6 is 11.8 Å². The summed E-state index contributed by atoms with van der Waals surface area (Å²) in [6, 6.07) is -0.503. The molecule has 0 bridgehead atoms. The predicted molar refractivity (Wildman–Crippen MR) is 122 cm³/mol. The molecular weight excluding hydrogens is 370 g/mol. The topological polar surface area (TPSA) is 55.4 Å². The molecule has 1 atom stereocenters. The molecule has 0 aliphatic carbocycles. The summed E-state index contributed by atoms with van der Waals surface area (Å²) in [5, 5.41) is 2.69. The minimum Gasteiger partial charge on any atom is -0.464 e. The van der Waals surface area contributed by atoms with Crippen molar-refractivity contribution < 1.29 is 14.3 Å². The van der Waals surface area contributed by atoms with E-state index in [-0.39, 0.29) is 11.9 Å². The van der Waals surface area contributed by atoms with Crippen LogP contribution in [0.2, 0.25) is 0 Å². The molecule has 0 saturated heterocycles. The van der Waals surface area contributed by atoms with Gasteiger partial charge >= 0.3 is 5.97 Å². The van der Waals surface area contributed by atoms with Gasteiger partial charge in [-0.15, -0.1) is 0 Å². The Balaban J connectivity index is 3.45. The summed E-state index contributed by atoms with van der Waals surface area (Å²) in [6.45, 7) is 4.17. The van der Waals surface area contributed by atoms with Crippen molar-refractivity contribution in [1.29, 1.82) is 0 Å². The molecule has 1 amide bonds. The highest BCUT2D eigenvalue weighted by molar-refractivity contribution is 7.98. The van der Waals surface area contributed by atoms with Gasteiger partial charge in [0, 0.05) is 6.92 Å². The molecule has 0 aromatic rings. The number of amides is 1. The van der Waals surface area contributed by atoms with Crippen LogP contribution in [-0.2, 0) is 14.3 Å². The summed E-state index contributed by atoms with van der Waals surface area (Å²) in [4.78, 5) is 23.3. The van der Waals surface area contributed by atoms with Crippen molar-refractivity contribution in [3.63, 3.8) is 0 Å². The van der Waals surface area contributed by atoms with E-state index in [1.54, 1.807) is 11.8 Å². The zero-order chi connectivity index (χ0) is 20.9. The fourth-order valence-electron chi connectivity index (χ4n) is 3.30. The van der Waals surface area contributed by atoms with Crippen LogP contribution in [0.4, 0.5) is 0 Å². The number of esters is 1. The molecule has 0 aliphatic rings. The van der Waals surface area contributed by atoms with Gasteiger partial charge in [-0.3, -0.25) is 4.79 Å². The van der Waals surface area contributed by atoms with Gasteiger partial charge in [0.1, 0.15) is 6.04 Å². The minimum absolute atomic E-state index is 0.181. The number of rotatable bonds is 20. The molecule has 0 fully saturated rings. The van der Waals surface area contributed by atoms with Crippen LogP contribution in [0.5, 0.6) is 0 Å². The fourth-order valence-corrected chi connectivity index (χ4v) is 3.77. The first-order chi connectivity index (χ1) is 13.6. The Morgan fingerprint density at radius 3 is 1.71 bits per heavy atom. The van der Waals surface area contributed by atoms with E-state index in [1.807, 2.05) is 6.26 Å². The van der Waals surface area contributed by atoms with Crippen LogP contribution in [0.15, 0.2) is 0 Å². The molecule has 0 spiro atoms. The molecule has 5 heteroatoms. The van der Waals surface area contributed by atoms with Crippen molar-refractivity contribution in [3.8, 4) is 0 Å². The average Bonchev–Trinajstić information content (AvgIpc) is 2.67. The van der Waals surface area contributed by atoms with Crippen molar-refractivity contribution in [2.75, 3.05) is 18.6 Å². The molecule has 4 nitrogen and oxygen atoms in total.